The van der Waals surface area contributed by atoms with Crippen molar-refractivity contribution in [1.29, 1.82) is 0 Å². The summed E-state index contributed by atoms with van der Waals surface area (Å²) in [4.78, 5) is 8.41. The summed E-state index contributed by atoms with van der Waals surface area (Å²) in [5, 5.41) is 10.5. The molecular formula is C10H10N6OS. The summed E-state index contributed by atoms with van der Waals surface area (Å²) in [5.74, 6) is 0.981. The largest absolute Gasteiger partial charge is 0.375 e. The summed E-state index contributed by atoms with van der Waals surface area (Å²) in [6, 6.07) is 1.83. The Balaban J connectivity index is 1.81. The van der Waals surface area contributed by atoms with Crippen molar-refractivity contribution in [3.8, 4) is 11.5 Å². The highest BCUT2D eigenvalue weighted by Gasteiger charge is 2.12. The number of aromatic nitrogens is 5. The van der Waals surface area contributed by atoms with E-state index in [-0.39, 0.29) is 0 Å². The highest BCUT2D eigenvalue weighted by Crippen LogP contribution is 2.17. The summed E-state index contributed by atoms with van der Waals surface area (Å²) >= 11 is 1.39. The Hall–Kier alpha value is -2.22. The van der Waals surface area contributed by atoms with E-state index in [2.05, 4.69) is 20.2 Å². The zero-order valence-electron chi connectivity index (χ0n) is 9.57. The quantitative estimate of drug-likeness (QED) is 0.759. The smallest absolute Gasteiger partial charge is 0.233 e. The van der Waals surface area contributed by atoms with Crippen molar-refractivity contribution >= 4 is 16.5 Å². The zero-order chi connectivity index (χ0) is 12.5. The first-order valence-corrected chi connectivity index (χ1v) is 6.11. The first kappa shape index (κ1) is 10.9. The van der Waals surface area contributed by atoms with Crippen molar-refractivity contribution < 1.29 is 4.52 Å². The van der Waals surface area contributed by atoms with E-state index >= 15 is 0 Å². The van der Waals surface area contributed by atoms with E-state index in [0.29, 0.717) is 29.0 Å². The molecule has 0 atom stereocenters. The van der Waals surface area contributed by atoms with Gasteiger partial charge in [-0.05, 0) is 6.07 Å². The van der Waals surface area contributed by atoms with E-state index in [1.807, 2.05) is 24.7 Å². The van der Waals surface area contributed by atoms with Gasteiger partial charge in [0, 0.05) is 18.6 Å². The SMILES string of the molecule is Cn1ccc(-c2noc(Cc3csc(N)n3)n2)n1. The number of rotatable bonds is 3. The maximum Gasteiger partial charge on any atom is 0.233 e. The molecule has 8 heteroatoms. The van der Waals surface area contributed by atoms with Crippen LogP contribution in [0, 0.1) is 0 Å². The molecule has 92 valence electrons. The number of nitrogen functional groups attached to an aromatic ring is 1. The third-order valence-electron chi connectivity index (χ3n) is 2.31. The molecule has 0 radical (unpaired) electrons. The fourth-order valence-electron chi connectivity index (χ4n) is 1.52. The Morgan fingerprint density at radius 3 is 3.00 bits per heavy atom. The van der Waals surface area contributed by atoms with Crippen LogP contribution in [0.1, 0.15) is 11.6 Å². The third kappa shape index (κ3) is 2.09. The van der Waals surface area contributed by atoms with Gasteiger partial charge < -0.3 is 10.3 Å². The summed E-state index contributed by atoms with van der Waals surface area (Å²) in [7, 11) is 1.84. The third-order valence-corrected chi connectivity index (χ3v) is 3.04. The lowest BCUT2D eigenvalue weighted by Gasteiger charge is -1.87. The lowest BCUT2D eigenvalue weighted by atomic mass is 10.3. The summed E-state index contributed by atoms with van der Waals surface area (Å²) < 4.78 is 6.84. The molecule has 0 saturated heterocycles. The van der Waals surface area contributed by atoms with Gasteiger partial charge in [0.25, 0.3) is 0 Å². The highest BCUT2D eigenvalue weighted by atomic mass is 32.1. The Morgan fingerprint density at radius 2 is 2.33 bits per heavy atom. The van der Waals surface area contributed by atoms with Gasteiger partial charge in [0.15, 0.2) is 5.13 Å². The van der Waals surface area contributed by atoms with Crippen molar-refractivity contribution in [3.63, 3.8) is 0 Å². The van der Waals surface area contributed by atoms with Crippen LogP contribution < -0.4 is 5.73 Å². The average molecular weight is 262 g/mol. The monoisotopic (exact) mass is 262 g/mol. The van der Waals surface area contributed by atoms with E-state index < -0.39 is 0 Å². The van der Waals surface area contributed by atoms with Crippen LogP contribution in [-0.4, -0.2) is 24.9 Å². The topological polar surface area (TPSA) is 95.7 Å². The van der Waals surface area contributed by atoms with Crippen molar-refractivity contribution in [3.05, 3.63) is 29.2 Å². The molecule has 3 heterocycles. The first-order chi connectivity index (χ1) is 8.70. The molecule has 3 rings (SSSR count). The summed E-state index contributed by atoms with van der Waals surface area (Å²) in [6.07, 6.45) is 2.31. The van der Waals surface area contributed by atoms with Crippen molar-refractivity contribution in [1.82, 2.24) is 24.9 Å². The van der Waals surface area contributed by atoms with Crippen LogP contribution in [0.2, 0.25) is 0 Å². The minimum atomic E-state index is 0.480. The predicted octanol–water partition coefficient (Wildman–Crippen LogP) is 1.10. The second kappa shape index (κ2) is 4.22. The summed E-state index contributed by atoms with van der Waals surface area (Å²) in [5.41, 5.74) is 7.07. The van der Waals surface area contributed by atoms with Crippen LogP contribution in [0.5, 0.6) is 0 Å². The van der Waals surface area contributed by atoms with E-state index in [9.17, 15) is 0 Å². The number of hydrogen-bond acceptors (Lipinski definition) is 7. The fraction of sp³-hybridized carbons (Fsp3) is 0.200. The van der Waals surface area contributed by atoms with Gasteiger partial charge >= 0.3 is 0 Å². The Bertz CT molecular complexity index is 669. The zero-order valence-corrected chi connectivity index (χ0v) is 10.4. The Morgan fingerprint density at radius 1 is 1.44 bits per heavy atom. The van der Waals surface area contributed by atoms with E-state index in [0.717, 1.165) is 5.69 Å². The van der Waals surface area contributed by atoms with Crippen LogP contribution in [0.4, 0.5) is 5.13 Å². The lowest BCUT2D eigenvalue weighted by molar-refractivity contribution is 0.385. The maximum absolute atomic E-state index is 5.56. The van der Waals surface area contributed by atoms with Crippen molar-refractivity contribution in [2.24, 2.45) is 7.05 Å². The molecule has 0 saturated carbocycles. The molecule has 0 aliphatic rings. The van der Waals surface area contributed by atoms with Gasteiger partial charge in [0.05, 0.1) is 12.1 Å². The van der Waals surface area contributed by atoms with Gasteiger partial charge in [0.1, 0.15) is 5.69 Å². The van der Waals surface area contributed by atoms with E-state index in [1.165, 1.54) is 11.3 Å². The molecule has 0 fully saturated rings. The Labute approximate surface area is 106 Å². The Kier molecular flexibility index (Phi) is 2.56. The molecule has 0 spiro atoms. The second-order valence-corrected chi connectivity index (χ2v) is 4.63. The van der Waals surface area contributed by atoms with Crippen LogP contribution in [0.15, 0.2) is 22.2 Å². The number of nitrogens with two attached hydrogens (primary N) is 1. The van der Waals surface area contributed by atoms with Gasteiger partial charge in [-0.1, -0.05) is 5.16 Å². The first-order valence-electron chi connectivity index (χ1n) is 5.23. The molecule has 18 heavy (non-hydrogen) atoms. The molecule has 3 aromatic rings. The standard InChI is InChI=1S/C10H10N6OS/c1-16-3-2-7(14-16)9-13-8(17-15-9)4-6-5-18-10(11)12-6/h2-3,5H,4H2,1H3,(H2,11,12). The number of anilines is 1. The molecule has 3 aromatic heterocycles. The van der Waals surface area contributed by atoms with E-state index in [1.54, 1.807) is 4.68 Å². The lowest BCUT2D eigenvalue weighted by Crippen LogP contribution is -1.91. The van der Waals surface area contributed by atoms with Crippen molar-refractivity contribution in [2.45, 2.75) is 6.42 Å². The van der Waals surface area contributed by atoms with Crippen LogP contribution in [0.25, 0.3) is 11.5 Å². The fourth-order valence-corrected chi connectivity index (χ4v) is 2.09. The van der Waals surface area contributed by atoms with Crippen LogP contribution >= 0.6 is 11.3 Å². The van der Waals surface area contributed by atoms with Gasteiger partial charge in [-0.25, -0.2) is 4.98 Å². The maximum atomic E-state index is 5.56. The highest BCUT2D eigenvalue weighted by molar-refractivity contribution is 7.13. The van der Waals surface area contributed by atoms with Crippen molar-refractivity contribution in [2.75, 3.05) is 5.73 Å². The molecule has 0 aliphatic carbocycles. The van der Waals surface area contributed by atoms with Gasteiger partial charge in [-0.2, -0.15) is 10.1 Å². The van der Waals surface area contributed by atoms with Gasteiger partial charge in [0.2, 0.25) is 11.7 Å². The normalized spacial score (nSPS) is 10.9. The van der Waals surface area contributed by atoms with Crippen LogP contribution in [-0.2, 0) is 13.5 Å². The number of hydrogen-bond donors (Lipinski definition) is 1. The van der Waals surface area contributed by atoms with Gasteiger partial charge in [-0.15, -0.1) is 11.3 Å². The molecule has 0 amide bonds. The number of aryl methyl sites for hydroxylation is 1. The molecule has 2 N–H and O–H groups in total. The molecule has 7 nitrogen and oxygen atoms in total. The minimum Gasteiger partial charge on any atom is -0.375 e. The molecule has 0 aromatic carbocycles. The molecular weight excluding hydrogens is 252 g/mol. The predicted molar refractivity (Wildman–Crippen MR) is 65.8 cm³/mol. The number of thiazole rings is 1. The van der Waals surface area contributed by atoms with E-state index in [4.69, 9.17) is 10.3 Å². The number of nitrogens with zero attached hydrogens (tertiary/aromatic N) is 5. The van der Waals surface area contributed by atoms with Gasteiger partial charge in [-0.3, -0.25) is 4.68 Å². The average Bonchev–Trinajstić information content (AvgIpc) is 3.01. The van der Waals surface area contributed by atoms with Crippen LogP contribution in [0.3, 0.4) is 0 Å². The minimum absolute atomic E-state index is 0.480. The molecule has 0 aliphatic heterocycles. The summed E-state index contributed by atoms with van der Waals surface area (Å²) in [6.45, 7) is 0. The molecule has 0 bridgehead atoms. The second-order valence-electron chi connectivity index (χ2n) is 3.74. The molecule has 0 unspecified atom stereocenters.